The fraction of sp³-hybridized carbons (Fsp3) is 0.278. The van der Waals surface area contributed by atoms with Gasteiger partial charge in [-0.2, -0.15) is 13.2 Å². The van der Waals surface area contributed by atoms with E-state index in [1.807, 2.05) is 0 Å². The molecule has 0 aromatic heterocycles. The van der Waals surface area contributed by atoms with Crippen molar-refractivity contribution in [3.63, 3.8) is 0 Å². The van der Waals surface area contributed by atoms with Crippen LogP contribution in [0.15, 0.2) is 60.7 Å². The van der Waals surface area contributed by atoms with Gasteiger partial charge in [0.1, 0.15) is 6.61 Å². The van der Waals surface area contributed by atoms with Crippen LogP contribution in [0.2, 0.25) is 0 Å². The second-order valence-corrected chi connectivity index (χ2v) is 5.48. The summed E-state index contributed by atoms with van der Waals surface area (Å²) in [6, 6.07) is 15.4. The van der Waals surface area contributed by atoms with Crippen molar-refractivity contribution in [2.24, 2.45) is 0 Å². The van der Waals surface area contributed by atoms with Gasteiger partial charge >= 0.3 is 12.3 Å². The van der Waals surface area contributed by atoms with E-state index >= 15 is 0 Å². The number of ether oxygens (including phenoxy) is 1. The Balaban J connectivity index is 2.29. The number of alkyl halides is 3. The molecule has 0 radical (unpaired) electrons. The first-order valence-corrected chi connectivity index (χ1v) is 7.50. The maximum absolute atomic E-state index is 13.8. The number of rotatable bonds is 5. The molecule has 0 fully saturated rings. The zero-order valence-corrected chi connectivity index (χ0v) is 13.5. The van der Waals surface area contributed by atoms with Gasteiger partial charge in [-0.1, -0.05) is 60.7 Å². The molecule has 4 nitrogen and oxygen atoms in total. The highest BCUT2D eigenvalue weighted by Gasteiger charge is 2.60. The minimum Gasteiger partial charge on any atom is -0.445 e. The lowest BCUT2D eigenvalue weighted by Crippen LogP contribution is -2.59. The summed E-state index contributed by atoms with van der Waals surface area (Å²) in [6.45, 7) is -1.49. The van der Waals surface area contributed by atoms with Crippen LogP contribution in [-0.4, -0.2) is 35.9 Å². The van der Waals surface area contributed by atoms with Crippen molar-refractivity contribution in [2.75, 3.05) is 13.7 Å². The lowest BCUT2D eigenvalue weighted by molar-refractivity contribution is -0.239. The van der Waals surface area contributed by atoms with E-state index in [0.29, 0.717) is 10.5 Å². The maximum Gasteiger partial charge on any atom is 0.418 e. The Morgan fingerprint density at radius 2 is 1.56 bits per heavy atom. The van der Waals surface area contributed by atoms with Crippen LogP contribution in [0.3, 0.4) is 0 Å². The first-order valence-electron chi connectivity index (χ1n) is 7.50. The van der Waals surface area contributed by atoms with Crippen LogP contribution >= 0.6 is 0 Å². The molecular weight excluding hydrogens is 335 g/mol. The second kappa shape index (κ2) is 7.57. The number of amides is 1. The summed E-state index contributed by atoms with van der Waals surface area (Å²) in [5.74, 6) is 0. The Bertz CT molecular complexity index is 692. The highest BCUT2D eigenvalue weighted by molar-refractivity contribution is 5.69. The fourth-order valence-electron chi connectivity index (χ4n) is 2.52. The Kier molecular flexibility index (Phi) is 5.69. The van der Waals surface area contributed by atoms with Gasteiger partial charge < -0.3 is 9.84 Å². The van der Waals surface area contributed by atoms with Crippen molar-refractivity contribution in [3.8, 4) is 0 Å². The standard InChI is InChI=1S/C18H18F3NO3/c1-22(16(24)25-12-14-8-4-2-5-9-14)17(13-23,18(19,20)21)15-10-6-3-7-11-15/h2-11,23H,12-13H2,1H3. The number of likely N-dealkylation sites (N-methyl/N-ethyl adjacent to an activating group) is 1. The number of hydrogen-bond donors (Lipinski definition) is 1. The number of carbonyl (C=O) groups is 1. The van der Waals surface area contributed by atoms with Crippen molar-refractivity contribution in [1.82, 2.24) is 4.90 Å². The largest absolute Gasteiger partial charge is 0.445 e. The fourth-order valence-corrected chi connectivity index (χ4v) is 2.52. The average Bonchev–Trinajstić information content (AvgIpc) is 2.61. The second-order valence-electron chi connectivity index (χ2n) is 5.48. The zero-order chi connectivity index (χ0) is 18.5. The number of halogens is 3. The topological polar surface area (TPSA) is 49.8 Å². The molecule has 25 heavy (non-hydrogen) atoms. The predicted octanol–water partition coefficient (Wildman–Crippen LogP) is 3.71. The van der Waals surface area contributed by atoms with Crippen LogP contribution in [0, 0.1) is 0 Å². The molecule has 7 heteroatoms. The number of hydrogen-bond acceptors (Lipinski definition) is 3. The molecule has 0 heterocycles. The SMILES string of the molecule is CN(C(=O)OCc1ccccc1)C(CO)(c1ccccc1)C(F)(F)F. The van der Waals surface area contributed by atoms with Crippen LogP contribution in [0.1, 0.15) is 11.1 Å². The van der Waals surface area contributed by atoms with E-state index in [1.165, 1.54) is 24.3 Å². The van der Waals surface area contributed by atoms with E-state index in [4.69, 9.17) is 4.74 Å². The molecule has 0 aliphatic carbocycles. The van der Waals surface area contributed by atoms with Gasteiger partial charge in [-0.25, -0.2) is 4.79 Å². The van der Waals surface area contributed by atoms with Crippen LogP contribution in [0.4, 0.5) is 18.0 Å². The van der Waals surface area contributed by atoms with Gasteiger partial charge in [-0.05, 0) is 11.1 Å². The summed E-state index contributed by atoms with van der Waals surface area (Å²) in [6.07, 6.45) is -6.08. The molecule has 2 aromatic rings. The van der Waals surface area contributed by atoms with E-state index in [2.05, 4.69) is 0 Å². The van der Waals surface area contributed by atoms with Crippen molar-refractivity contribution in [1.29, 1.82) is 0 Å². The molecule has 134 valence electrons. The molecule has 0 saturated carbocycles. The highest BCUT2D eigenvalue weighted by atomic mass is 19.4. The lowest BCUT2D eigenvalue weighted by Gasteiger charge is -2.41. The minimum absolute atomic E-state index is 0.168. The average molecular weight is 353 g/mol. The van der Waals surface area contributed by atoms with E-state index in [9.17, 15) is 23.1 Å². The Morgan fingerprint density at radius 3 is 2.04 bits per heavy atom. The van der Waals surface area contributed by atoms with Crippen molar-refractivity contribution in [2.45, 2.75) is 18.3 Å². The number of aliphatic hydroxyl groups excluding tert-OH is 1. The molecule has 1 amide bonds. The van der Waals surface area contributed by atoms with Gasteiger partial charge in [0.15, 0.2) is 5.54 Å². The van der Waals surface area contributed by atoms with Gasteiger partial charge in [0, 0.05) is 7.05 Å². The normalized spacial score (nSPS) is 13.8. The summed E-state index contributed by atoms with van der Waals surface area (Å²) in [4.78, 5) is 12.6. The molecule has 2 aromatic carbocycles. The number of aliphatic hydroxyl groups is 1. The Labute approximate surface area is 143 Å². The lowest BCUT2D eigenvalue weighted by atomic mass is 9.88. The van der Waals surface area contributed by atoms with Crippen LogP contribution in [-0.2, 0) is 16.9 Å². The molecular formula is C18H18F3NO3. The summed E-state index contributed by atoms with van der Waals surface area (Å²) in [7, 11) is 0.962. The smallest absolute Gasteiger partial charge is 0.418 e. The number of carbonyl (C=O) groups excluding carboxylic acids is 1. The van der Waals surface area contributed by atoms with Crippen molar-refractivity contribution in [3.05, 3.63) is 71.8 Å². The summed E-state index contributed by atoms with van der Waals surface area (Å²) in [5, 5.41) is 9.60. The summed E-state index contributed by atoms with van der Waals surface area (Å²) in [5.41, 5.74) is -2.49. The maximum atomic E-state index is 13.8. The summed E-state index contributed by atoms with van der Waals surface area (Å²) < 4.78 is 46.5. The van der Waals surface area contributed by atoms with Gasteiger partial charge in [-0.3, -0.25) is 4.90 Å². The highest BCUT2D eigenvalue weighted by Crippen LogP contribution is 2.43. The first-order chi connectivity index (χ1) is 11.8. The van der Waals surface area contributed by atoms with E-state index < -0.39 is 24.4 Å². The monoisotopic (exact) mass is 353 g/mol. The van der Waals surface area contributed by atoms with Crippen LogP contribution in [0.25, 0.3) is 0 Å². The molecule has 1 N–H and O–H groups in total. The third-order valence-corrected chi connectivity index (χ3v) is 4.00. The van der Waals surface area contributed by atoms with Gasteiger partial charge in [0.05, 0.1) is 6.61 Å². The molecule has 2 rings (SSSR count). The molecule has 0 spiro atoms. The number of nitrogens with zero attached hydrogens (tertiary/aromatic N) is 1. The molecule has 0 aliphatic heterocycles. The number of benzene rings is 2. The molecule has 0 bridgehead atoms. The molecule has 1 atom stereocenters. The van der Waals surface area contributed by atoms with Crippen molar-refractivity contribution < 1.29 is 27.8 Å². The third kappa shape index (κ3) is 3.76. The van der Waals surface area contributed by atoms with Gasteiger partial charge in [0.25, 0.3) is 0 Å². The summed E-state index contributed by atoms with van der Waals surface area (Å²) >= 11 is 0. The Morgan fingerprint density at radius 1 is 1.04 bits per heavy atom. The Hall–Kier alpha value is -2.54. The van der Waals surface area contributed by atoms with Crippen LogP contribution in [0.5, 0.6) is 0 Å². The molecule has 0 aliphatic rings. The predicted molar refractivity (Wildman–Crippen MR) is 85.7 cm³/mol. The van der Waals surface area contributed by atoms with Gasteiger partial charge in [-0.15, -0.1) is 0 Å². The zero-order valence-electron chi connectivity index (χ0n) is 13.5. The first kappa shape index (κ1) is 18.8. The minimum atomic E-state index is -4.90. The molecule has 1 unspecified atom stereocenters. The van der Waals surface area contributed by atoms with E-state index in [1.54, 1.807) is 36.4 Å². The van der Waals surface area contributed by atoms with Gasteiger partial charge in [0.2, 0.25) is 0 Å². The van der Waals surface area contributed by atoms with E-state index in [0.717, 1.165) is 7.05 Å². The third-order valence-electron chi connectivity index (χ3n) is 4.00. The quantitative estimate of drug-likeness (QED) is 0.892. The molecule has 0 saturated heterocycles. The van der Waals surface area contributed by atoms with E-state index in [-0.39, 0.29) is 12.2 Å². The van der Waals surface area contributed by atoms with Crippen molar-refractivity contribution >= 4 is 6.09 Å². The van der Waals surface area contributed by atoms with Crippen LogP contribution < -0.4 is 0 Å².